The van der Waals surface area contributed by atoms with Gasteiger partial charge in [0.1, 0.15) is 0 Å². The smallest absolute Gasteiger partial charge is 0.226 e. The van der Waals surface area contributed by atoms with Crippen LogP contribution in [0.5, 0.6) is 0 Å². The quantitative estimate of drug-likeness (QED) is 0.776. The molecule has 3 aliphatic rings. The highest BCUT2D eigenvalue weighted by Crippen LogP contribution is 2.45. The van der Waals surface area contributed by atoms with Crippen molar-refractivity contribution in [2.24, 2.45) is 17.3 Å². The Morgan fingerprint density at radius 1 is 1.30 bits per heavy atom. The summed E-state index contributed by atoms with van der Waals surface area (Å²) < 4.78 is 5.49. The summed E-state index contributed by atoms with van der Waals surface area (Å²) in [7, 11) is 0. The SMILES string of the molecule is CC(C(=O)N1C2CCCC2C[C@H]1C)C1(C)CCOCC1. The van der Waals surface area contributed by atoms with Crippen LogP contribution in [-0.2, 0) is 9.53 Å². The number of rotatable bonds is 2. The summed E-state index contributed by atoms with van der Waals surface area (Å²) >= 11 is 0. The van der Waals surface area contributed by atoms with Crippen LogP contribution in [0.15, 0.2) is 0 Å². The number of ether oxygens (including phenoxy) is 1. The molecule has 0 bridgehead atoms. The number of amides is 1. The Labute approximate surface area is 123 Å². The normalized spacial score (nSPS) is 37.8. The molecule has 0 aromatic heterocycles. The maximum absolute atomic E-state index is 13.1. The standard InChI is InChI=1S/C17H29NO2/c1-12-11-14-5-4-6-15(14)18(12)16(19)13(2)17(3)7-9-20-10-8-17/h12-15H,4-11H2,1-3H3/t12-,13?,14?,15?/m1/s1. The zero-order valence-electron chi connectivity index (χ0n) is 13.2. The Hall–Kier alpha value is -0.570. The van der Waals surface area contributed by atoms with Crippen molar-refractivity contribution in [3.05, 3.63) is 0 Å². The van der Waals surface area contributed by atoms with E-state index >= 15 is 0 Å². The summed E-state index contributed by atoms with van der Waals surface area (Å²) in [6, 6.07) is 0.993. The first kappa shape index (κ1) is 14.4. The van der Waals surface area contributed by atoms with Gasteiger partial charge in [0.25, 0.3) is 0 Å². The maximum atomic E-state index is 13.1. The van der Waals surface area contributed by atoms with E-state index in [1.165, 1.54) is 25.7 Å². The van der Waals surface area contributed by atoms with Crippen molar-refractivity contribution in [3.8, 4) is 0 Å². The van der Waals surface area contributed by atoms with E-state index in [0.29, 0.717) is 18.0 Å². The van der Waals surface area contributed by atoms with Crippen LogP contribution in [0.3, 0.4) is 0 Å². The Morgan fingerprint density at radius 2 is 2.00 bits per heavy atom. The first-order valence-electron chi connectivity index (χ1n) is 8.43. The molecular weight excluding hydrogens is 250 g/mol. The summed E-state index contributed by atoms with van der Waals surface area (Å²) in [5.41, 5.74) is 0.131. The zero-order valence-corrected chi connectivity index (χ0v) is 13.2. The third kappa shape index (κ3) is 2.28. The number of fused-ring (bicyclic) bond motifs is 1. The molecule has 2 saturated heterocycles. The van der Waals surface area contributed by atoms with Gasteiger partial charge in [0.05, 0.1) is 0 Å². The van der Waals surface area contributed by atoms with E-state index in [1.807, 2.05) is 0 Å². The second kappa shape index (κ2) is 5.32. The van der Waals surface area contributed by atoms with Crippen molar-refractivity contribution in [1.82, 2.24) is 4.90 Å². The van der Waals surface area contributed by atoms with Crippen molar-refractivity contribution in [2.75, 3.05) is 13.2 Å². The van der Waals surface area contributed by atoms with Crippen LogP contribution in [0.25, 0.3) is 0 Å². The highest BCUT2D eigenvalue weighted by Gasteiger charge is 2.47. The Morgan fingerprint density at radius 3 is 2.70 bits per heavy atom. The predicted molar refractivity (Wildman–Crippen MR) is 79.4 cm³/mol. The number of nitrogens with zero attached hydrogens (tertiary/aromatic N) is 1. The van der Waals surface area contributed by atoms with E-state index in [9.17, 15) is 4.79 Å². The average Bonchev–Trinajstić information content (AvgIpc) is 2.97. The molecule has 2 heterocycles. The monoisotopic (exact) mass is 279 g/mol. The van der Waals surface area contributed by atoms with Crippen LogP contribution >= 0.6 is 0 Å². The van der Waals surface area contributed by atoms with Gasteiger partial charge in [-0.1, -0.05) is 20.3 Å². The lowest BCUT2D eigenvalue weighted by atomic mass is 9.71. The van der Waals surface area contributed by atoms with Gasteiger partial charge in [-0.2, -0.15) is 0 Å². The molecule has 3 unspecified atom stereocenters. The first-order valence-corrected chi connectivity index (χ1v) is 8.43. The molecule has 0 aromatic rings. The Bertz CT molecular complexity index is 375. The summed E-state index contributed by atoms with van der Waals surface area (Å²) in [4.78, 5) is 15.4. The summed E-state index contributed by atoms with van der Waals surface area (Å²) in [6.45, 7) is 8.31. The highest BCUT2D eigenvalue weighted by atomic mass is 16.5. The van der Waals surface area contributed by atoms with Gasteiger partial charge in [-0.05, 0) is 50.4 Å². The van der Waals surface area contributed by atoms with Crippen molar-refractivity contribution in [2.45, 2.75) is 71.4 Å². The lowest BCUT2D eigenvalue weighted by Crippen LogP contribution is -2.48. The van der Waals surface area contributed by atoms with Crippen molar-refractivity contribution in [1.29, 1.82) is 0 Å². The summed E-state index contributed by atoms with van der Waals surface area (Å²) in [5, 5.41) is 0. The molecule has 0 radical (unpaired) electrons. The van der Waals surface area contributed by atoms with Gasteiger partial charge in [0, 0.05) is 31.2 Å². The molecule has 3 nitrogen and oxygen atoms in total. The Kier molecular flexibility index (Phi) is 3.83. The van der Waals surface area contributed by atoms with Gasteiger partial charge in [0.2, 0.25) is 5.91 Å². The molecule has 3 rings (SSSR count). The molecule has 114 valence electrons. The third-order valence-electron chi connectivity index (χ3n) is 6.40. The molecule has 20 heavy (non-hydrogen) atoms. The van der Waals surface area contributed by atoms with E-state index in [4.69, 9.17) is 4.74 Å². The second-order valence-corrected chi connectivity index (χ2v) is 7.58. The van der Waals surface area contributed by atoms with Gasteiger partial charge in [0.15, 0.2) is 0 Å². The van der Waals surface area contributed by atoms with Crippen molar-refractivity contribution >= 4 is 5.91 Å². The van der Waals surface area contributed by atoms with Crippen LogP contribution in [0.4, 0.5) is 0 Å². The van der Waals surface area contributed by atoms with Gasteiger partial charge >= 0.3 is 0 Å². The fourth-order valence-electron chi connectivity index (χ4n) is 4.71. The number of carbonyl (C=O) groups excluding carboxylic acids is 1. The lowest BCUT2D eigenvalue weighted by molar-refractivity contribution is -0.144. The van der Waals surface area contributed by atoms with Gasteiger partial charge in [-0.3, -0.25) is 4.79 Å². The van der Waals surface area contributed by atoms with E-state index < -0.39 is 0 Å². The number of hydrogen-bond acceptors (Lipinski definition) is 2. The molecule has 3 fully saturated rings. The number of carbonyl (C=O) groups is 1. The number of hydrogen-bond donors (Lipinski definition) is 0. The average molecular weight is 279 g/mol. The van der Waals surface area contributed by atoms with Gasteiger partial charge in [-0.25, -0.2) is 0 Å². The fourth-order valence-corrected chi connectivity index (χ4v) is 4.71. The molecule has 1 saturated carbocycles. The van der Waals surface area contributed by atoms with Crippen LogP contribution in [0, 0.1) is 17.3 Å². The third-order valence-corrected chi connectivity index (χ3v) is 6.40. The lowest BCUT2D eigenvalue weighted by Gasteiger charge is -2.41. The van der Waals surface area contributed by atoms with Crippen molar-refractivity contribution in [3.63, 3.8) is 0 Å². The first-order chi connectivity index (χ1) is 9.53. The minimum Gasteiger partial charge on any atom is -0.381 e. The zero-order chi connectivity index (χ0) is 14.3. The van der Waals surface area contributed by atoms with Crippen LogP contribution in [0.2, 0.25) is 0 Å². The number of likely N-dealkylation sites (tertiary alicyclic amines) is 1. The largest absolute Gasteiger partial charge is 0.381 e. The molecule has 0 spiro atoms. The summed E-state index contributed by atoms with van der Waals surface area (Å²) in [6.07, 6.45) is 7.15. The molecular formula is C17H29NO2. The Balaban J connectivity index is 1.74. The van der Waals surface area contributed by atoms with Gasteiger partial charge in [-0.15, -0.1) is 0 Å². The predicted octanol–water partition coefficient (Wildman–Crippen LogP) is 3.23. The molecule has 2 aliphatic heterocycles. The minimum atomic E-state index is 0.131. The van der Waals surface area contributed by atoms with Crippen LogP contribution in [0.1, 0.15) is 59.3 Å². The highest BCUT2D eigenvalue weighted by molar-refractivity contribution is 5.80. The molecule has 0 aromatic carbocycles. The molecule has 3 heteroatoms. The molecule has 1 amide bonds. The van der Waals surface area contributed by atoms with E-state index in [-0.39, 0.29) is 11.3 Å². The van der Waals surface area contributed by atoms with E-state index in [0.717, 1.165) is 32.0 Å². The van der Waals surface area contributed by atoms with Gasteiger partial charge < -0.3 is 9.64 Å². The molecule has 0 N–H and O–H groups in total. The summed E-state index contributed by atoms with van der Waals surface area (Å²) in [5.74, 6) is 1.33. The van der Waals surface area contributed by atoms with E-state index in [2.05, 4.69) is 25.7 Å². The van der Waals surface area contributed by atoms with Crippen LogP contribution < -0.4 is 0 Å². The second-order valence-electron chi connectivity index (χ2n) is 7.58. The fraction of sp³-hybridized carbons (Fsp3) is 0.941. The topological polar surface area (TPSA) is 29.5 Å². The molecule has 1 aliphatic carbocycles. The van der Waals surface area contributed by atoms with E-state index in [1.54, 1.807) is 0 Å². The molecule has 4 atom stereocenters. The maximum Gasteiger partial charge on any atom is 0.226 e. The van der Waals surface area contributed by atoms with Crippen LogP contribution in [-0.4, -0.2) is 36.1 Å². The van der Waals surface area contributed by atoms with Crippen molar-refractivity contribution < 1.29 is 9.53 Å². The minimum absolute atomic E-state index is 0.131.